The van der Waals surface area contributed by atoms with Crippen molar-refractivity contribution in [1.29, 1.82) is 0 Å². The van der Waals surface area contributed by atoms with Crippen LogP contribution in [-0.4, -0.2) is 20.9 Å². The number of hydrogen-bond acceptors (Lipinski definition) is 2. The molecule has 0 amide bonds. The van der Waals surface area contributed by atoms with E-state index in [1.807, 2.05) is 11.8 Å². The van der Waals surface area contributed by atoms with Crippen molar-refractivity contribution in [3.8, 4) is 22.9 Å². The van der Waals surface area contributed by atoms with Gasteiger partial charge in [0.2, 0.25) is 0 Å². The molecule has 2 rings (SSSR count). The van der Waals surface area contributed by atoms with Crippen molar-refractivity contribution >= 4 is 44.2 Å². The Labute approximate surface area is 145 Å². The molecular formula is C18H24S2Si2. The van der Waals surface area contributed by atoms with E-state index in [1.165, 1.54) is 9.78 Å². The Morgan fingerprint density at radius 3 is 2.05 bits per heavy atom. The summed E-state index contributed by atoms with van der Waals surface area (Å²) in [4.78, 5) is 2.70. The summed E-state index contributed by atoms with van der Waals surface area (Å²) in [5.41, 5.74) is 7.12. The molecule has 0 fully saturated rings. The van der Waals surface area contributed by atoms with Gasteiger partial charge in [0, 0.05) is 16.2 Å². The molecule has 0 saturated heterocycles. The molecule has 0 nitrogen and oxygen atoms in total. The Balaban J connectivity index is 2.33. The van der Waals surface area contributed by atoms with Gasteiger partial charge in [0.1, 0.15) is 20.9 Å². The van der Waals surface area contributed by atoms with E-state index in [9.17, 15) is 0 Å². The molecule has 4 heteroatoms. The van der Waals surface area contributed by atoms with E-state index in [0.717, 1.165) is 6.42 Å². The molecule has 2 heterocycles. The van der Waals surface area contributed by atoms with Gasteiger partial charge in [-0.25, -0.2) is 0 Å². The molecule has 0 aliphatic carbocycles. The van der Waals surface area contributed by atoms with Crippen LogP contribution in [0.1, 0.15) is 11.3 Å². The molecule has 0 radical (unpaired) electrons. The van der Waals surface area contributed by atoms with Crippen molar-refractivity contribution in [2.45, 2.75) is 50.4 Å². The highest BCUT2D eigenvalue weighted by Gasteiger charge is 2.34. The second-order valence-corrected chi connectivity index (χ2v) is 19.5. The molecule has 0 spiro atoms. The topological polar surface area (TPSA) is 0 Å². The Morgan fingerprint density at radius 1 is 1.00 bits per heavy atom. The Hall–Kier alpha value is -0.656. The van der Waals surface area contributed by atoms with Crippen molar-refractivity contribution in [3.63, 3.8) is 0 Å². The summed E-state index contributed by atoms with van der Waals surface area (Å²) >= 11 is 3.67. The van der Waals surface area contributed by atoms with Crippen LogP contribution in [0.3, 0.4) is 0 Å². The van der Waals surface area contributed by atoms with Gasteiger partial charge in [0.25, 0.3) is 0 Å². The van der Waals surface area contributed by atoms with Crippen molar-refractivity contribution < 1.29 is 0 Å². The Morgan fingerprint density at radius 2 is 1.59 bits per heavy atom. The lowest BCUT2D eigenvalue weighted by atomic mass is 10.1. The standard InChI is InChI=1S/C18H24S2Si2/c1-21(2,3)14-11-18(12-15-22(4,5)6)10-9-17(20-18)16-8-7-13-19-16/h7-9,13H,10H2,1-6H3. The van der Waals surface area contributed by atoms with Crippen LogP contribution in [0.15, 0.2) is 23.6 Å². The van der Waals surface area contributed by atoms with Crippen LogP contribution in [0, 0.1) is 22.9 Å². The maximum atomic E-state index is 3.58. The fraction of sp³-hybridized carbons (Fsp3) is 0.444. The van der Waals surface area contributed by atoms with E-state index in [-0.39, 0.29) is 4.75 Å². The number of thiophene rings is 1. The molecule has 1 aromatic rings. The van der Waals surface area contributed by atoms with Crippen LogP contribution in [0.4, 0.5) is 0 Å². The zero-order chi connectivity index (χ0) is 16.4. The predicted octanol–water partition coefficient (Wildman–Crippen LogP) is 5.73. The highest BCUT2D eigenvalue weighted by atomic mass is 32.2. The minimum Gasteiger partial charge on any atom is -0.143 e. The highest BCUT2D eigenvalue weighted by molar-refractivity contribution is 8.10. The van der Waals surface area contributed by atoms with E-state index >= 15 is 0 Å². The molecule has 1 aliphatic heterocycles. The van der Waals surface area contributed by atoms with Crippen molar-refractivity contribution in [2.24, 2.45) is 0 Å². The zero-order valence-corrected chi connectivity index (χ0v) is 18.0. The van der Waals surface area contributed by atoms with Crippen LogP contribution in [0.5, 0.6) is 0 Å². The number of thioether (sulfide) groups is 1. The summed E-state index contributed by atoms with van der Waals surface area (Å²) in [6, 6.07) is 4.31. The molecule has 1 aromatic heterocycles. The number of hydrogen-bond donors (Lipinski definition) is 0. The van der Waals surface area contributed by atoms with E-state index < -0.39 is 16.1 Å². The molecule has 0 unspecified atom stereocenters. The van der Waals surface area contributed by atoms with Crippen LogP contribution >= 0.6 is 23.1 Å². The second kappa shape index (κ2) is 6.45. The molecule has 22 heavy (non-hydrogen) atoms. The van der Waals surface area contributed by atoms with Crippen LogP contribution in [-0.2, 0) is 0 Å². The van der Waals surface area contributed by atoms with E-state index in [4.69, 9.17) is 0 Å². The van der Waals surface area contributed by atoms with E-state index in [1.54, 1.807) is 11.3 Å². The van der Waals surface area contributed by atoms with Gasteiger partial charge in [-0.3, -0.25) is 0 Å². The first-order valence-corrected chi connectivity index (χ1v) is 16.3. The van der Waals surface area contributed by atoms with Gasteiger partial charge < -0.3 is 0 Å². The van der Waals surface area contributed by atoms with Gasteiger partial charge in [-0.1, -0.05) is 75.0 Å². The van der Waals surface area contributed by atoms with Gasteiger partial charge in [0.15, 0.2) is 0 Å². The summed E-state index contributed by atoms with van der Waals surface area (Å²) in [5, 5.41) is 2.14. The largest absolute Gasteiger partial charge is 0.143 e. The third-order valence-electron chi connectivity index (χ3n) is 2.90. The summed E-state index contributed by atoms with van der Waals surface area (Å²) in [5.74, 6) is 7.15. The van der Waals surface area contributed by atoms with Crippen LogP contribution in [0.2, 0.25) is 39.3 Å². The van der Waals surface area contributed by atoms with Gasteiger partial charge in [-0.05, 0) is 11.4 Å². The Bertz CT molecular complexity index is 646. The van der Waals surface area contributed by atoms with Crippen molar-refractivity contribution in [2.75, 3.05) is 0 Å². The number of rotatable bonds is 1. The SMILES string of the molecule is C[Si](C)(C)C#CC1(C#C[Si](C)(C)C)CC=C(c2cccs2)S1. The summed E-state index contributed by atoms with van der Waals surface area (Å²) in [6.45, 7) is 13.8. The average molecular weight is 361 g/mol. The predicted molar refractivity (Wildman–Crippen MR) is 109 cm³/mol. The van der Waals surface area contributed by atoms with Gasteiger partial charge in [0.05, 0.1) is 0 Å². The van der Waals surface area contributed by atoms with Crippen LogP contribution in [0.25, 0.3) is 4.91 Å². The Kier molecular flexibility index (Phi) is 5.19. The lowest BCUT2D eigenvalue weighted by Crippen LogP contribution is -2.24. The highest BCUT2D eigenvalue weighted by Crippen LogP contribution is 2.47. The third-order valence-corrected chi connectivity index (χ3v) is 7.01. The summed E-state index contributed by atoms with van der Waals surface area (Å²) in [6.07, 6.45) is 3.27. The van der Waals surface area contributed by atoms with Gasteiger partial charge in [-0.15, -0.1) is 22.4 Å². The summed E-state index contributed by atoms with van der Waals surface area (Å²) < 4.78 is -0.222. The molecule has 0 N–H and O–H groups in total. The molecular weight excluding hydrogens is 337 g/mol. The molecule has 116 valence electrons. The third kappa shape index (κ3) is 5.21. The zero-order valence-electron chi connectivity index (χ0n) is 14.3. The second-order valence-electron chi connectivity index (χ2n) is 7.68. The smallest absolute Gasteiger partial charge is 0.143 e. The summed E-state index contributed by atoms with van der Waals surface area (Å²) in [7, 11) is -2.77. The number of allylic oxidation sites excluding steroid dienone is 1. The quantitative estimate of drug-likeness (QED) is 0.455. The van der Waals surface area contributed by atoms with Crippen molar-refractivity contribution in [1.82, 2.24) is 0 Å². The normalized spacial score (nSPS) is 17.1. The molecule has 0 saturated carbocycles. The lowest BCUT2D eigenvalue weighted by molar-refractivity contribution is 0.976. The molecule has 0 aromatic carbocycles. The monoisotopic (exact) mass is 360 g/mol. The maximum absolute atomic E-state index is 3.58. The minimum atomic E-state index is -1.39. The molecule has 1 aliphatic rings. The fourth-order valence-corrected chi connectivity index (χ4v) is 5.21. The fourth-order valence-electron chi connectivity index (χ4n) is 1.84. The minimum absolute atomic E-state index is 0.222. The molecule has 0 atom stereocenters. The van der Waals surface area contributed by atoms with Crippen LogP contribution < -0.4 is 0 Å². The van der Waals surface area contributed by atoms with Gasteiger partial charge in [-0.2, -0.15) is 0 Å². The first kappa shape index (κ1) is 17.7. The first-order chi connectivity index (χ1) is 10.1. The van der Waals surface area contributed by atoms with E-state index in [2.05, 4.69) is 85.8 Å². The average Bonchev–Trinajstić information content (AvgIpc) is 3.03. The maximum Gasteiger partial charge on any atom is 0.143 e. The van der Waals surface area contributed by atoms with Gasteiger partial charge >= 0.3 is 0 Å². The first-order valence-electron chi connectivity index (χ1n) is 7.60. The molecule has 0 bridgehead atoms. The lowest BCUT2D eigenvalue weighted by Gasteiger charge is -2.18. The van der Waals surface area contributed by atoms with E-state index in [0.29, 0.717) is 0 Å². The van der Waals surface area contributed by atoms with Crippen molar-refractivity contribution in [3.05, 3.63) is 28.5 Å².